The van der Waals surface area contributed by atoms with E-state index in [0.717, 1.165) is 37.2 Å². The molecule has 0 bridgehead atoms. The third kappa shape index (κ3) is 6.83. The van der Waals surface area contributed by atoms with Crippen LogP contribution >= 0.6 is 23.4 Å². The number of nitrogens with zero attached hydrogens (tertiary/aromatic N) is 3. The number of hydrogen-bond donors (Lipinski definition) is 2. The van der Waals surface area contributed by atoms with E-state index in [-0.39, 0.29) is 23.5 Å². The summed E-state index contributed by atoms with van der Waals surface area (Å²) in [5.74, 6) is 0.959. The Morgan fingerprint density at radius 1 is 1.26 bits per heavy atom. The SMILES string of the molecule is CCCNC(=O)[C@@H]1CCCN(c2ccc(SCC(=O)Nc3cc(Cl)ccc3C)nn2)C1. The molecule has 1 aromatic heterocycles. The van der Waals surface area contributed by atoms with E-state index in [2.05, 4.69) is 25.7 Å². The molecule has 3 rings (SSSR count). The van der Waals surface area contributed by atoms with E-state index in [1.54, 1.807) is 12.1 Å². The molecule has 0 radical (unpaired) electrons. The number of amides is 2. The van der Waals surface area contributed by atoms with Crippen LogP contribution in [0.15, 0.2) is 35.4 Å². The van der Waals surface area contributed by atoms with Crippen molar-refractivity contribution >= 4 is 46.7 Å². The van der Waals surface area contributed by atoms with E-state index in [9.17, 15) is 9.59 Å². The standard InChI is InChI=1S/C22H28ClN5O2S/c1-3-10-24-22(30)16-5-4-11-28(13-16)19-8-9-21(27-26-19)31-14-20(29)25-18-12-17(23)7-6-15(18)2/h6-9,12,16H,3-5,10-11,13-14H2,1-2H3,(H,24,30)(H,25,29)/t16-/m1/s1. The number of hydrogen-bond acceptors (Lipinski definition) is 6. The minimum atomic E-state index is -0.127. The highest BCUT2D eigenvalue weighted by molar-refractivity contribution is 7.99. The molecule has 1 saturated heterocycles. The second-order valence-electron chi connectivity index (χ2n) is 7.60. The summed E-state index contributed by atoms with van der Waals surface area (Å²) in [5, 5.41) is 15.7. The van der Waals surface area contributed by atoms with Gasteiger partial charge in [0.1, 0.15) is 5.03 Å². The highest BCUT2D eigenvalue weighted by atomic mass is 35.5. The Labute approximate surface area is 192 Å². The fourth-order valence-corrected chi connectivity index (χ4v) is 4.19. The molecular formula is C22H28ClN5O2S. The molecule has 0 saturated carbocycles. The van der Waals surface area contributed by atoms with Crippen molar-refractivity contribution in [3.8, 4) is 0 Å². The maximum absolute atomic E-state index is 12.3. The lowest BCUT2D eigenvalue weighted by atomic mass is 9.97. The predicted molar refractivity (Wildman–Crippen MR) is 126 cm³/mol. The van der Waals surface area contributed by atoms with E-state index < -0.39 is 0 Å². The quantitative estimate of drug-likeness (QED) is 0.579. The number of rotatable bonds is 8. The Bertz CT molecular complexity index is 909. The Balaban J connectivity index is 1.51. The first-order chi connectivity index (χ1) is 15.0. The van der Waals surface area contributed by atoms with Crippen LogP contribution in [0.25, 0.3) is 0 Å². The van der Waals surface area contributed by atoms with Crippen molar-refractivity contribution < 1.29 is 9.59 Å². The van der Waals surface area contributed by atoms with Gasteiger partial charge in [-0.15, -0.1) is 10.2 Å². The molecule has 2 heterocycles. The fourth-order valence-electron chi connectivity index (χ4n) is 3.41. The zero-order valence-electron chi connectivity index (χ0n) is 17.9. The van der Waals surface area contributed by atoms with E-state index in [1.165, 1.54) is 11.8 Å². The van der Waals surface area contributed by atoms with Gasteiger partial charge in [-0.3, -0.25) is 9.59 Å². The molecule has 1 aliphatic rings. The number of carbonyl (C=O) groups is 2. The molecule has 9 heteroatoms. The molecule has 1 aliphatic heterocycles. The van der Waals surface area contributed by atoms with Gasteiger partial charge in [-0.1, -0.05) is 36.4 Å². The van der Waals surface area contributed by atoms with Crippen LogP contribution in [0.5, 0.6) is 0 Å². The number of nitrogens with one attached hydrogen (secondary N) is 2. The van der Waals surface area contributed by atoms with Gasteiger partial charge in [0.15, 0.2) is 5.82 Å². The van der Waals surface area contributed by atoms with Gasteiger partial charge in [0, 0.05) is 30.3 Å². The van der Waals surface area contributed by atoms with Crippen LogP contribution in [0.2, 0.25) is 5.02 Å². The van der Waals surface area contributed by atoms with Crippen LogP contribution < -0.4 is 15.5 Å². The van der Waals surface area contributed by atoms with E-state index in [1.807, 2.05) is 32.0 Å². The molecule has 2 aromatic rings. The van der Waals surface area contributed by atoms with Gasteiger partial charge >= 0.3 is 0 Å². The summed E-state index contributed by atoms with van der Waals surface area (Å²) >= 11 is 7.33. The summed E-state index contributed by atoms with van der Waals surface area (Å²) in [5.41, 5.74) is 1.66. The van der Waals surface area contributed by atoms with Crippen LogP contribution in [0.3, 0.4) is 0 Å². The first-order valence-corrected chi connectivity index (χ1v) is 11.9. The van der Waals surface area contributed by atoms with Crippen molar-refractivity contribution in [2.75, 3.05) is 35.6 Å². The summed E-state index contributed by atoms with van der Waals surface area (Å²) in [6.45, 7) is 6.19. The van der Waals surface area contributed by atoms with Gasteiger partial charge in [0.25, 0.3) is 0 Å². The van der Waals surface area contributed by atoms with Crippen molar-refractivity contribution in [3.05, 3.63) is 40.9 Å². The topological polar surface area (TPSA) is 87.2 Å². The first kappa shape index (κ1) is 23.3. The Hall–Kier alpha value is -2.32. The van der Waals surface area contributed by atoms with Crippen molar-refractivity contribution in [2.24, 2.45) is 5.92 Å². The minimum Gasteiger partial charge on any atom is -0.356 e. The van der Waals surface area contributed by atoms with E-state index in [0.29, 0.717) is 28.8 Å². The Morgan fingerprint density at radius 3 is 2.84 bits per heavy atom. The number of carbonyl (C=O) groups excluding carboxylic acids is 2. The van der Waals surface area contributed by atoms with Crippen molar-refractivity contribution in [1.29, 1.82) is 0 Å². The number of benzene rings is 1. The average Bonchev–Trinajstić information content (AvgIpc) is 2.79. The number of aryl methyl sites for hydroxylation is 1. The van der Waals surface area contributed by atoms with Crippen LogP contribution in [-0.2, 0) is 9.59 Å². The zero-order chi connectivity index (χ0) is 22.2. The average molecular weight is 462 g/mol. The van der Waals surface area contributed by atoms with Gasteiger partial charge in [0.05, 0.1) is 11.7 Å². The van der Waals surface area contributed by atoms with Crippen LogP contribution in [0, 0.1) is 12.8 Å². The second kappa shape index (κ2) is 11.3. The lowest BCUT2D eigenvalue weighted by Crippen LogP contribution is -2.43. The van der Waals surface area contributed by atoms with Gasteiger partial charge in [-0.25, -0.2) is 0 Å². The maximum Gasteiger partial charge on any atom is 0.234 e. The first-order valence-electron chi connectivity index (χ1n) is 10.5. The lowest BCUT2D eigenvalue weighted by molar-refractivity contribution is -0.125. The highest BCUT2D eigenvalue weighted by Gasteiger charge is 2.26. The molecule has 1 fully saturated rings. The Morgan fingerprint density at radius 2 is 2.10 bits per heavy atom. The van der Waals surface area contributed by atoms with Gasteiger partial charge < -0.3 is 15.5 Å². The summed E-state index contributed by atoms with van der Waals surface area (Å²) < 4.78 is 0. The molecule has 7 nitrogen and oxygen atoms in total. The lowest BCUT2D eigenvalue weighted by Gasteiger charge is -2.32. The predicted octanol–water partition coefficient (Wildman–Crippen LogP) is 3.91. The fraction of sp³-hybridized carbons (Fsp3) is 0.455. The summed E-state index contributed by atoms with van der Waals surface area (Å²) in [6, 6.07) is 9.17. The van der Waals surface area contributed by atoms with Crippen LogP contribution in [0.1, 0.15) is 31.7 Å². The van der Waals surface area contributed by atoms with Crippen molar-refractivity contribution in [1.82, 2.24) is 15.5 Å². The summed E-state index contributed by atoms with van der Waals surface area (Å²) in [4.78, 5) is 26.7. The normalized spacial score (nSPS) is 16.1. The third-order valence-electron chi connectivity index (χ3n) is 5.12. The highest BCUT2D eigenvalue weighted by Crippen LogP contribution is 2.24. The van der Waals surface area contributed by atoms with Gasteiger partial charge in [0.2, 0.25) is 11.8 Å². The molecule has 1 aromatic carbocycles. The molecule has 0 aliphatic carbocycles. The molecule has 0 unspecified atom stereocenters. The third-order valence-corrected chi connectivity index (χ3v) is 6.27. The molecule has 2 N–H and O–H groups in total. The van der Waals surface area contributed by atoms with Crippen LogP contribution in [-0.4, -0.2) is 47.4 Å². The molecule has 31 heavy (non-hydrogen) atoms. The molecule has 1 atom stereocenters. The van der Waals surface area contributed by atoms with Crippen LogP contribution in [0.4, 0.5) is 11.5 Å². The second-order valence-corrected chi connectivity index (χ2v) is 9.03. The molecule has 2 amide bonds. The van der Waals surface area contributed by atoms with E-state index >= 15 is 0 Å². The summed E-state index contributed by atoms with van der Waals surface area (Å²) in [7, 11) is 0. The zero-order valence-corrected chi connectivity index (χ0v) is 19.4. The number of thioether (sulfide) groups is 1. The number of halogens is 1. The maximum atomic E-state index is 12.3. The largest absolute Gasteiger partial charge is 0.356 e. The van der Waals surface area contributed by atoms with E-state index in [4.69, 9.17) is 11.6 Å². The molecule has 0 spiro atoms. The smallest absolute Gasteiger partial charge is 0.234 e. The van der Waals surface area contributed by atoms with Crippen molar-refractivity contribution in [3.63, 3.8) is 0 Å². The van der Waals surface area contributed by atoms with Gasteiger partial charge in [-0.05, 0) is 56.0 Å². The molecule has 166 valence electrons. The minimum absolute atomic E-state index is 0.0187. The number of anilines is 2. The number of aromatic nitrogens is 2. The summed E-state index contributed by atoms with van der Waals surface area (Å²) in [6.07, 6.45) is 2.78. The molecular weight excluding hydrogens is 434 g/mol. The van der Waals surface area contributed by atoms with Gasteiger partial charge in [-0.2, -0.15) is 0 Å². The van der Waals surface area contributed by atoms with Crippen molar-refractivity contribution in [2.45, 2.75) is 38.1 Å². The Kier molecular flexibility index (Phi) is 8.54. The number of piperidine rings is 1. The monoisotopic (exact) mass is 461 g/mol.